The predicted molar refractivity (Wildman–Crippen MR) is 84.5 cm³/mol. The number of ether oxygens (including phenoxy) is 3. The van der Waals surface area contributed by atoms with Crippen LogP contribution in [0.4, 0.5) is 0 Å². The van der Waals surface area contributed by atoms with Crippen molar-refractivity contribution in [3.63, 3.8) is 0 Å². The minimum atomic E-state index is -0.518. The van der Waals surface area contributed by atoms with Gasteiger partial charge in [0, 0.05) is 22.3 Å². The van der Waals surface area contributed by atoms with Gasteiger partial charge in [0.15, 0.2) is 0 Å². The third kappa shape index (κ3) is 4.89. The molecule has 2 aromatic rings. The summed E-state index contributed by atoms with van der Waals surface area (Å²) in [5, 5.41) is 0. The van der Waals surface area contributed by atoms with Gasteiger partial charge < -0.3 is 14.2 Å². The first-order chi connectivity index (χ1) is 10.7. The maximum Gasteiger partial charge on any atom is 0.339 e. The fourth-order valence-electron chi connectivity index (χ4n) is 1.59. The number of esters is 1. The Hall–Kier alpha value is -2.34. The van der Waals surface area contributed by atoms with E-state index >= 15 is 0 Å². The molecule has 0 aliphatic rings. The van der Waals surface area contributed by atoms with Crippen molar-refractivity contribution in [3.05, 3.63) is 65.0 Å². The molecule has 0 unspecified atom stereocenters. The number of para-hydroxylation sites is 1. The molecule has 1 heterocycles. The van der Waals surface area contributed by atoms with Gasteiger partial charge in [0.05, 0.1) is 19.4 Å². The van der Waals surface area contributed by atoms with Crippen molar-refractivity contribution in [2.45, 2.75) is 6.61 Å². The number of carbonyl (C=O) groups is 1. The summed E-state index contributed by atoms with van der Waals surface area (Å²) in [5.41, 5.74) is 0.742. The summed E-state index contributed by atoms with van der Waals surface area (Å²) in [5.74, 6) is 0.407. The first-order valence-corrected chi connectivity index (χ1v) is 7.22. The van der Waals surface area contributed by atoms with Gasteiger partial charge in [0.1, 0.15) is 12.4 Å². The SMILES string of the molecule is CO/C=C/C(=O)Oc1ccccc1COc1ccc(Br)cn1. The second kappa shape index (κ2) is 8.19. The summed E-state index contributed by atoms with van der Waals surface area (Å²) in [6, 6.07) is 10.7. The molecule has 1 aromatic carbocycles. The molecule has 22 heavy (non-hydrogen) atoms. The van der Waals surface area contributed by atoms with Crippen molar-refractivity contribution in [1.82, 2.24) is 4.98 Å². The van der Waals surface area contributed by atoms with E-state index in [-0.39, 0.29) is 6.61 Å². The molecule has 0 spiro atoms. The summed E-state index contributed by atoms with van der Waals surface area (Å²) in [4.78, 5) is 15.7. The Morgan fingerprint density at radius 2 is 2.09 bits per heavy atom. The highest BCUT2D eigenvalue weighted by Gasteiger charge is 2.08. The highest BCUT2D eigenvalue weighted by molar-refractivity contribution is 9.10. The van der Waals surface area contributed by atoms with Crippen molar-refractivity contribution in [2.75, 3.05) is 7.11 Å². The lowest BCUT2D eigenvalue weighted by atomic mass is 10.2. The lowest BCUT2D eigenvalue weighted by Gasteiger charge is -2.10. The molecule has 0 aliphatic carbocycles. The van der Waals surface area contributed by atoms with Crippen molar-refractivity contribution in [3.8, 4) is 11.6 Å². The Morgan fingerprint density at radius 3 is 2.82 bits per heavy atom. The van der Waals surface area contributed by atoms with Crippen LogP contribution >= 0.6 is 15.9 Å². The molecule has 5 nitrogen and oxygen atoms in total. The standard InChI is InChI=1S/C16H14BrNO4/c1-20-9-8-16(19)22-14-5-3-2-4-12(14)11-21-15-7-6-13(17)10-18-15/h2-10H,11H2,1H3/b9-8+. The van der Waals surface area contributed by atoms with Gasteiger partial charge in [-0.25, -0.2) is 9.78 Å². The van der Waals surface area contributed by atoms with Crippen LogP contribution in [0.15, 0.2) is 59.4 Å². The molecule has 0 N–H and O–H groups in total. The van der Waals surface area contributed by atoms with E-state index < -0.39 is 5.97 Å². The molecular weight excluding hydrogens is 350 g/mol. The van der Waals surface area contributed by atoms with E-state index in [1.165, 1.54) is 19.4 Å². The second-order valence-electron chi connectivity index (χ2n) is 4.17. The van der Waals surface area contributed by atoms with Crippen molar-refractivity contribution in [2.24, 2.45) is 0 Å². The normalized spacial score (nSPS) is 10.5. The summed E-state index contributed by atoms with van der Waals surface area (Å²) in [6.07, 6.45) is 4.11. The van der Waals surface area contributed by atoms with Crippen molar-refractivity contribution >= 4 is 21.9 Å². The lowest BCUT2D eigenvalue weighted by Crippen LogP contribution is -2.07. The summed E-state index contributed by atoms with van der Waals surface area (Å²) < 4.78 is 16.4. The van der Waals surface area contributed by atoms with Gasteiger partial charge in [0.25, 0.3) is 0 Å². The highest BCUT2D eigenvalue weighted by atomic mass is 79.9. The fourth-order valence-corrected chi connectivity index (χ4v) is 1.82. The van der Waals surface area contributed by atoms with E-state index in [9.17, 15) is 4.79 Å². The number of halogens is 1. The number of nitrogens with zero attached hydrogens (tertiary/aromatic N) is 1. The first kappa shape index (κ1) is 16.0. The van der Waals surface area contributed by atoms with E-state index in [0.717, 1.165) is 10.0 Å². The topological polar surface area (TPSA) is 57.7 Å². The van der Waals surface area contributed by atoms with Crippen molar-refractivity contribution in [1.29, 1.82) is 0 Å². The smallest absolute Gasteiger partial charge is 0.339 e. The van der Waals surface area contributed by atoms with E-state index in [1.54, 1.807) is 24.4 Å². The fraction of sp³-hybridized carbons (Fsp3) is 0.125. The van der Waals surface area contributed by atoms with Crippen molar-refractivity contribution < 1.29 is 19.0 Å². The Balaban J connectivity index is 2.03. The molecule has 0 bridgehead atoms. The number of aromatic nitrogens is 1. The van der Waals surface area contributed by atoms with Crippen LogP contribution in [-0.2, 0) is 16.1 Å². The molecular formula is C16H14BrNO4. The van der Waals surface area contributed by atoms with E-state index in [0.29, 0.717) is 11.6 Å². The van der Waals surface area contributed by atoms with E-state index in [4.69, 9.17) is 9.47 Å². The Bertz CT molecular complexity index is 655. The average Bonchev–Trinajstić information content (AvgIpc) is 2.53. The Labute approximate surface area is 136 Å². The van der Waals surface area contributed by atoms with Crippen LogP contribution < -0.4 is 9.47 Å². The van der Waals surface area contributed by atoms with Crippen LogP contribution in [0.25, 0.3) is 0 Å². The number of benzene rings is 1. The van der Waals surface area contributed by atoms with Gasteiger partial charge in [-0.15, -0.1) is 0 Å². The van der Waals surface area contributed by atoms with Crippen LogP contribution in [0.1, 0.15) is 5.56 Å². The van der Waals surface area contributed by atoms with Crippen LogP contribution in [0.5, 0.6) is 11.6 Å². The number of carbonyl (C=O) groups excluding carboxylic acids is 1. The molecule has 0 fully saturated rings. The van der Waals surface area contributed by atoms with Gasteiger partial charge in [0.2, 0.25) is 5.88 Å². The minimum absolute atomic E-state index is 0.242. The van der Waals surface area contributed by atoms with Gasteiger partial charge in [-0.3, -0.25) is 0 Å². The number of hydrogen-bond donors (Lipinski definition) is 0. The van der Waals surface area contributed by atoms with E-state index in [2.05, 4.69) is 25.7 Å². The first-order valence-electron chi connectivity index (χ1n) is 6.42. The number of pyridine rings is 1. The van der Waals surface area contributed by atoms with E-state index in [1.807, 2.05) is 18.2 Å². The number of hydrogen-bond acceptors (Lipinski definition) is 5. The Kier molecular flexibility index (Phi) is 5.97. The molecule has 0 atom stereocenters. The van der Waals surface area contributed by atoms with Gasteiger partial charge in [-0.2, -0.15) is 0 Å². The third-order valence-electron chi connectivity index (χ3n) is 2.60. The zero-order valence-electron chi connectivity index (χ0n) is 11.9. The van der Waals surface area contributed by atoms with Crippen LogP contribution in [0, 0.1) is 0 Å². The maximum absolute atomic E-state index is 11.6. The van der Waals surface area contributed by atoms with Gasteiger partial charge >= 0.3 is 5.97 Å². The Morgan fingerprint density at radius 1 is 1.27 bits per heavy atom. The molecule has 0 amide bonds. The predicted octanol–water partition coefficient (Wildman–Crippen LogP) is 3.49. The largest absolute Gasteiger partial charge is 0.504 e. The lowest BCUT2D eigenvalue weighted by molar-refractivity contribution is -0.129. The quantitative estimate of drug-likeness (QED) is 0.340. The molecule has 0 aliphatic heterocycles. The average molecular weight is 364 g/mol. The summed E-state index contributed by atoms with van der Waals surface area (Å²) in [7, 11) is 1.46. The van der Waals surface area contributed by atoms with Crippen LogP contribution in [0.2, 0.25) is 0 Å². The second-order valence-corrected chi connectivity index (χ2v) is 5.09. The minimum Gasteiger partial charge on any atom is -0.504 e. The van der Waals surface area contributed by atoms with Crippen LogP contribution in [0.3, 0.4) is 0 Å². The summed E-state index contributed by atoms with van der Waals surface area (Å²) >= 11 is 3.31. The zero-order chi connectivity index (χ0) is 15.8. The van der Waals surface area contributed by atoms with Gasteiger partial charge in [-0.05, 0) is 28.1 Å². The van der Waals surface area contributed by atoms with Gasteiger partial charge in [-0.1, -0.05) is 18.2 Å². The maximum atomic E-state index is 11.6. The molecule has 6 heteroatoms. The molecule has 1 aromatic heterocycles. The number of methoxy groups -OCH3 is 1. The molecule has 2 rings (SSSR count). The molecule has 0 radical (unpaired) electrons. The molecule has 0 saturated carbocycles. The number of rotatable bonds is 6. The zero-order valence-corrected chi connectivity index (χ0v) is 13.4. The molecule has 0 saturated heterocycles. The van der Waals surface area contributed by atoms with Crippen LogP contribution in [-0.4, -0.2) is 18.1 Å². The summed E-state index contributed by atoms with van der Waals surface area (Å²) in [6.45, 7) is 0.242. The monoisotopic (exact) mass is 363 g/mol. The highest BCUT2D eigenvalue weighted by Crippen LogP contribution is 2.21. The molecule has 114 valence electrons. The third-order valence-corrected chi connectivity index (χ3v) is 3.07.